The van der Waals surface area contributed by atoms with Gasteiger partial charge in [0, 0.05) is 50.8 Å². The number of benzene rings is 2. The lowest BCUT2D eigenvalue weighted by molar-refractivity contribution is -0.133. The summed E-state index contributed by atoms with van der Waals surface area (Å²) < 4.78 is 23.5. The Labute approximate surface area is 247 Å². The third kappa shape index (κ3) is 6.01. The first kappa shape index (κ1) is 29.5. The fraction of sp³-hybridized carbons (Fsp3) is 0.500. The minimum absolute atomic E-state index is 0. The van der Waals surface area contributed by atoms with Crippen LogP contribution in [-0.4, -0.2) is 85.5 Å². The maximum Gasteiger partial charge on any atom is 0.325 e. The van der Waals surface area contributed by atoms with Crippen LogP contribution in [0.25, 0.3) is 0 Å². The van der Waals surface area contributed by atoms with Crippen molar-refractivity contribution in [2.45, 2.75) is 48.6 Å². The van der Waals surface area contributed by atoms with E-state index in [-0.39, 0.29) is 41.6 Å². The van der Waals surface area contributed by atoms with Crippen LogP contribution in [0.3, 0.4) is 0 Å². The van der Waals surface area contributed by atoms with Gasteiger partial charge < -0.3 is 15.1 Å². The number of nitrogens with one attached hydrogen (secondary N) is 1. The van der Waals surface area contributed by atoms with E-state index < -0.39 is 21.4 Å². The van der Waals surface area contributed by atoms with Gasteiger partial charge in [0.15, 0.2) is 9.84 Å². The minimum atomic E-state index is -3.32. The average Bonchev–Trinajstić information content (AvgIpc) is 3.67. The molecule has 1 saturated carbocycles. The van der Waals surface area contributed by atoms with Gasteiger partial charge in [0.2, 0.25) is 5.91 Å². The number of urea groups is 1. The standard InChI is InChI=1S/C30H36N4O5S.ClH/c1-40(38,39)25-11-7-21(8-12-25)17-34-28(36)30(31-29(34)37)13-15-32(16-14-30)18-24-19-33(27(35)23-9-10-23)20-26(24)22-5-3-2-4-6-22;/h2-8,11-12,23-24,26H,9-10,13-20H2,1H3,(H,31,37);1H/t24-,26+;/m0./s1. The highest BCUT2D eigenvalue weighted by molar-refractivity contribution is 7.90. The Kier molecular flexibility index (Phi) is 8.20. The summed E-state index contributed by atoms with van der Waals surface area (Å²) in [5, 5.41) is 2.98. The number of hydrogen-bond donors (Lipinski definition) is 1. The van der Waals surface area contributed by atoms with E-state index >= 15 is 0 Å². The van der Waals surface area contributed by atoms with Gasteiger partial charge in [-0.05, 0) is 54.9 Å². The summed E-state index contributed by atoms with van der Waals surface area (Å²) >= 11 is 0. The van der Waals surface area contributed by atoms with Gasteiger partial charge >= 0.3 is 6.03 Å². The summed E-state index contributed by atoms with van der Waals surface area (Å²) in [4.78, 5) is 45.1. The Morgan fingerprint density at radius 3 is 2.24 bits per heavy atom. The molecule has 3 saturated heterocycles. The van der Waals surface area contributed by atoms with Crippen molar-refractivity contribution in [2.75, 3.05) is 39.0 Å². The summed E-state index contributed by atoms with van der Waals surface area (Å²) in [5.41, 5.74) is 1.07. The second kappa shape index (κ2) is 11.4. The van der Waals surface area contributed by atoms with Crippen LogP contribution in [0.2, 0.25) is 0 Å². The summed E-state index contributed by atoms with van der Waals surface area (Å²) in [5.74, 6) is 0.902. The number of halogens is 1. The smallest absolute Gasteiger partial charge is 0.325 e. The largest absolute Gasteiger partial charge is 0.341 e. The van der Waals surface area contributed by atoms with Crippen LogP contribution < -0.4 is 5.32 Å². The molecule has 1 N–H and O–H groups in total. The van der Waals surface area contributed by atoms with Crippen molar-refractivity contribution in [3.8, 4) is 0 Å². The van der Waals surface area contributed by atoms with Gasteiger partial charge in [0.25, 0.3) is 5.91 Å². The van der Waals surface area contributed by atoms with E-state index in [1.54, 1.807) is 12.1 Å². The Hall–Kier alpha value is -2.95. The van der Waals surface area contributed by atoms with Crippen molar-refractivity contribution in [2.24, 2.45) is 11.8 Å². The summed E-state index contributed by atoms with van der Waals surface area (Å²) in [6.07, 6.45) is 4.23. The lowest BCUT2D eigenvalue weighted by Gasteiger charge is -2.38. The Bertz CT molecular complexity index is 1410. The Balaban J connectivity index is 0.00000337. The normalized spacial score (nSPS) is 24.4. The number of sulfone groups is 1. The zero-order valence-corrected chi connectivity index (χ0v) is 24.8. The van der Waals surface area contributed by atoms with Gasteiger partial charge in [-0.1, -0.05) is 42.5 Å². The number of nitrogens with zero attached hydrogens (tertiary/aromatic N) is 3. The highest BCUT2D eigenvalue weighted by atomic mass is 35.5. The van der Waals surface area contributed by atoms with E-state index in [2.05, 4.69) is 39.4 Å². The number of carbonyl (C=O) groups is 3. The van der Waals surface area contributed by atoms with E-state index in [1.807, 2.05) is 6.07 Å². The van der Waals surface area contributed by atoms with Gasteiger partial charge in [-0.2, -0.15) is 0 Å². The highest BCUT2D eigenvalue weighted by Gasteiger charge is 2.52. The van der Waals surface area contributed by atoms with E-state index in [4.69, 9.17) is 0 Å². The molecule has 0 radical (unpaired) electrons. The number of piperidine rings is 1. The monoisotopic (exact) mass is 600 g/mol. The summed E-state index contributed by atoms with van der Waals surface area (Å²) in [6, 6.07) is 16.3. The molecule has 1 spiro atoms. The fourth-order valence-corrected chi connectivity index (χ4v) is 7.17. The maximum atomic E-state index is 13.5. The van der Waals surface area contributed by atoms with Crippen molar-refractivity contribution < 1.29 is 22.8 Å². The van der Waals surface area contributed by atoms with Crippen LogP contribution in [-0.2, 0) is 26.0 Å². The number of hydrogen-bond acceptors (Lipinski definition) is 6. The third-order valence-corrected chi connectivity index (χ3v) is 10.2. The molecule has 3 heterocycles. The summed E-state index contributed by atoms with van der Waals surface area (Å²) in [7, 11) is -3.32. The predicted molar refractivity (Wildman–Crippen MR) is 156 cm³/mol. The predicted octanol–water partition coefficient (Wildman–Crippen LogP) is 3.05. The molecule has 6 rings (SSSR count). The molecule has 0 bridgehead atoms. The highest BCUT2D eigenvalue weighted by Crippen LogP contribution is 2.39. The first-order chi connectivity index (χ1) is 19.1. The maximum absolute atomic E-state index is 13.5. The number of amides is 4. The molecule has 220 valence electrons. The van der Waals surface area contributed by atoms with Crippen molar-refractivity contribution in [1.82, 2.24) is 20.0 Å². The fourth-order valence-electron chi connectivity index (χ4n) is 6.53. The first-order valence-electron chi connectivity index (χ1n) is 14.1. The van der Waals surface area contributed by atoms with Gasteiger partial charge in [-0.25, -0.2) is 13.2 Å². The number of likely N-dealkylation sites (tertiary alicyclic amines) is 2. The molecule has 2 aromatic carbocycles. The van der Waals surface area contributed by atoms with E-state index in [0.717, 1.165) is 38.7 Å². The molecule has 0 aromatic heterocycles. The zero-order valence-electron chi connectivity index (χ0n) is 23.2. The second-order valence-corrected chi connectivity index (χ2v) is 13.9. The molecule has 11 heteroatoms. The summed E-state index contributed by atoms with van der Waals surface area (Å²) in [6.45, 7) is 3.86. The number of imide groups is 1. The molecule has 41 heavy (non-hydrogen) atoms. The molecule has 9 nitrogen and oxygen atoms in total. The van der Waals surface area contributed by atoms with Crippen LogP contribution >= 0.6 is 12.4 Å². The molecule has 1 aliphatic carbocycles. The first-order valence-corrected chi connectivity index (χ1v) is 16.0. The van der Waals surface area contributed by atoms with Crippen molar-refractivity contribution in [3.05, 3.63) is 65.7 Å². The van der Waals surface area contributed by atoms with E-state index in [1.165, 1.54) is 22.6 Å². The molecule has 4 aliphatic rings. The number of carbonyl (C=O) groups excluding carboxylic acids is 3. The van der Waals surface area contributed by atoms with Crippen molar-refractivity contribution in [3.63, 3.8) is 0 Å². The van der Waals surface area contributed by atoms with Gasteiger partial charge in [-0.15, -0.1) is 12.4 Å². The second-order valence-electron chi connectivity index (χ2n) is 11.9. The van der Waals surface area contributed by atoms with Gasteiger partial charge in [0.1, 0.15) is 5.54 Å². The topological polar surface area (TPSA) is 107 Å². The lowest BCUT2D eigenvalue weighted by Crippen LogP contribution is -2.55. The third-order valence-electron chi connectivity index (χ3n) is 9.05. The zero-order chi connectivity index (χ0) is 28.1. The number of rotatable bonds is 7. The van der Waals surface area contributed by atoms with Crippen LogP contribution in [0.5, 0.6) is 0 Å². The molecular weight excluding hydrogens is 564 g/mol. The molecular formula is C30H37ClN4O5S. The average molecular weight is 601 g/mol. The molecule has 2 atom stereocenters. The molecule has 0 unspecified atom stereocenters. The Morgan fingerprint density at radius 2 is 1.63 bits per heavy atom. The van der Waals surface area contributed by atoms with Crippen LogP contribution in [0, 0.1) is 11.8 Å². The van der Waals surface area contributed by atoms with Crippen LogP contribution in [0.4, 0.5) is 4.79 Å². The quantitative estimate of drug-likeness (QED) is 0.490. The van der Waals surface area contributed by atoms with Crippen LogP contribution in [0.15, 0.2) is 59.5 Å². The molecule has 2 aromatic rings. The molecule has 4 fully saturated rings. The van der Waals surface area contributed by atoms with Crippen molar-refractivity contribution in [1.29, 1.82) is 0 Å². The van der Waals surface area contributed by atoms with Crippen molar-refractivity contribution >= 4 is 40.1 Å². The van der Waals surface area contributed by atoms with Gasteiger partial charge in [-0.3, -0.25) is 14.5 Å². The lowest BCUT2D eigenvalue weighted by atomic mass is 9.85. The van der Waals surface area contributed by atoms with E-state index in [0.29, 0.717) is 43.3 Å². The molecule has 4 amide bonds. The van der Waals surface area contributed by atoms with Gasteiger partial charge in [0.05, 0.1) is 11.4 Å². The molecule has 3 aliphatic heterocycles. The van der Waals surface area contributed by atoms with Crippen LogP contribution in [0.1, 0.15) is 42.7 Å². The minimum Gasteiger partial charge on any atom is -0.341 e. The van der Waals surface area contributed by atoms with E-state index in [9.17, 15) is 22.8 Å². The Morgan fingerprint density at radius 1 is 0.976 bits per heavy atom. The SMILES string of the molecule is CS(=O)(=O)c1ccc(CN2C(=O)NC3(CCN(C[C@H]4CN(C(=O)C5CC5)C[C@@H]4c4ccccc4)CC3)C2=O)cc1.Cl.